The van der Waals surface area contributed by atoms with Gasteiger partial charge in [-0.25, -0.2) is 0 Å². The first-order valence-electron chi connectivity index (χ1n) is 7.37. The topological polar surface area (TPSA) is 54.5 Å². The molecular formula is C14H20N4S. The summed E-state index contributed by atoms with van der Waals surface area (Å²) in [6.07, 6.45) is 9.44. The molecule has 1 aliphatic carbocycles. The van der Waals surface area contributed by atoms with Crippen molar-refractivity contribution in [2.24, 2.45) is 5.92 Å². The lowest BCUT2D eigenvalue weighted by atomic mass is 9.90. The zero-order valence-corrected chi connectivity index (χ0v) is 12.0. The minimum atomic E-state index is 0.192. The van der Waals surface area contributed by atoms with Crippen LogP contribution in [0.4, 0.5) is 0 Å². The van der Waals surface area contributed by atoms with Crippen LogP contribution in [0, 0.1) is 17.2 Å². The molecule has 102 valence electrons. The first kappa shape index (κ1) is 13.0. The van der Waals surface area contributed by atoms with E-state index in [0.29, 0.717) is 5.25 Å². The first-order valence-corrected chi connectivity index (χ1v) is 8.25. The molecule has 0 spiro atoms. The van der Waals surface area contributed by atoms with Crippen LogP contribution in [0.2, 0.25) is 0 Å². The molecule has 4 nitrogen and oxygen atoms in total. The maximum absolute atomic E-state index is 9.27. The second kappa shape index (κ2) is 5.96. The summed E-state index contributed by atoms with van der Waals surface area (Å²) < 4.78 is 2.29. The summed E-state index contributed by atoms with van der Waals surface area (Å²) in [5, 5.41) is 19.4. The van der Waals surface area contributed by atoms with Crippen LogP contribution in [-0.2, 0) is 13.0 Å². The normalized spacial score (nSPS) is 27.3. The van der Waals surface area contributed by atoms with E-state index in [1.165, 1.54) is 32.1 Å². The minimum absolute atomic E-state index is 0.192. The van der Waals surface area contributed by atoms with Gasteiger partial charge in [0.2, 0.25) is 0 Å². The zero-order chi connectivity index (χ0) is 13.1. The molecule has 0 amide bonds. The second-order valence-corrected chi connectivity index (χ2v) is 6.74. The van der Waals surface area contributed by atoms with Crippen LogP contribution in [0.5, 0.6) is 0 Å². The molecule has 0 N–H and O–H groups in total. The van der Waals surface area contributed by atoms with Crippen LogP contribution < -0.4 is 0 Å². The first-order chi connectivity index (χ1) is 9.38. The van der Waals surface area contributed by atoms with E-state index in [1.807, 2.05) is 0 Å². The van der Waals surface area contributed by atoms with Crippen molar-refractivity contribution < 1.29 is 0 Å². The third-order valence-electron chi connectivity index (χ3n) is 4.20. The van der Waals surface area contributed by atoms with Crippen LogP contribution in [0.1, 0.15) is 50.8 Å². The molecular weight excluding hydrogens is 256 g/mol. The molecule has 2 heterocycles. The van der Waals surface area contributed by atoms with E-state index in [4.69, 9.17) is 0 Å². The van der Waals surface area contributed by atoms with Gasteiger partial charge in [0.15, 0.2) is 5.16 Å². The summed E-state index contributed by atoms with van der Waals surface area (Å²) in [7, 11) is 0. The average Bonchev–Trinajstić information content (AvgIpc) is 2.68. The van der Waals surface area contributed by atoms with E-state index in [1.54, 1.807) is 11.8 Å². The number of nitriles is 1. The maximum Gasteiger partial charge on any atom is 0.191 e. The highest BCUT2D eigenvalue weighted by Crippen LogP contribution is 2.37. The van der Waals surface area contributed by atoms with Gasteiger partial charge in [-0.2, -0.15) is 5.26 Å². The molecule has 1 aromatic heterocycles. The third kappa shape index (κ3) is 2.79. The Morgan fingerprint density at radius 1 is 1.11 bits per heavy atom. The number of fused-ring (bicyclic) bond motifs is 1. The molecule has 19 heavy (non-hydrogen) atoms. The molecule has 0 aromatic carbocycles. The van der Waals surface area contributed by atoms with E-state index >= 15 is 0 Å². The van der Waals surface area contributed by atoms with Crippen LogP contribution in [-0.4, -0.2) is 20.0 Å². The molecule has 1 aromatic rings. The number of rotatable bonds is 2. The lowest BCUT2D eigenvalue weighted by molar-refractivity contribution is 0.438. The van der Waals surface area contributed by atoms with Gasteiger partial charge in [-0.1, -0.05) is 31.0 Å². The van der Waals surface area contributed by atoms with Gasteiger partial charge in [0.05, 0.1) is 12.0 Å². The summed E-state index contributed by atoms with van der Waals surface area (Å²) >= 11 is 1.79. The van der Waals surface area contributed by atoms with Gasteiger partial charge < -0.3 is 4.57 Å². The molecule has 3 rings (SSSR count). The quantitative estimate of drug-likeness (QED) is 0.832. The molecule has 2 unspecified atom stereocenters. The molecule has 0 radical (unpaired) electrons. The fourth-order valence-electron chi connectivity index (χ4n) is 3.07. The molecule has 1 aliphatic heterocycles. The number of hydrogen-bond donors (Lipinski definition) is 0. The van der Waals surface area contributed by atoms with Crippen LogP contribution in [0.15, 0.2) is 5.16 Å². The monoisotopic (exact) mass is 276 g/mol. The summed E-state index contributed by atoms with van der Waals surface area (Å²) in [5.41, 5.74) is 0. The third-order valence-corrected chi connectivity index (χ3v) is 5.58. The summed E-state index contributed by atoms with van der Waals surface area (Å²) in [5.74, 6) is 1.33. The summed E-state index contributed by atoms with van der Waals surface area (Å²) in [6, 6.07) is 2.48. The van der Waals surface area contributed by atoms with Gasteiger partial charge in [-0.15, -0.1) is 10.2 Å². The van der Waals surface area contributed by atoms with E-state index in [9.17, 15) is 5.26 Å². The highest BCUT2D eigenvalue weighted by Gasteiger charge is 2.28. The minimum Gasteiger partial charge on any atom is -0.306 e. The highest BCUT2D eigenvalue weighted by molar-refractivity contribution is 7.99. The number of nitrogens with zero attached hydrogens (tertiary/aromatic N) is 4. The fraction of sp³-hybridized carbons (Fsp3) is 0.786. The predicted octanol–water partition coefficient (Wildman–Crippen LogP) is 3.18. The van der Waals surface area contributed by atoms with Crippen molar-refractivity contribution in [2.45, 2.75) is 68.3 Å². The number of aryl methyl sites for hydroxylation is 1. The highest BCUT2D eigenvalue weighted by atomic mass is 32.2. The van der Waals surface area contributed by atoms with Gasteiger partial charge in [-0.05, 0) is 25.7 Å². The molecule has 5 heteroatoms. The Bertz CT molecular complexity index is 476. The Hall–Kier alpha value is -1.02. The Balaban J connectivity index is 1.76. The van der Waals surface area contributed by atoms with E-state index in [-0.39, 0.29) is 5.92 Å². The number of thioether (sulfide) groups is 1. The van der Waals surface area contributed by atoms with Crippen LogP contribution in [0.25, 0.3) is 0 Å². The fourth-order valence-corrected chi connectivity index (χ4v) is 4.39. The Morgan fingerprint density at radius 3 is 2.89 bits per heavy atom. The molecule has 0 bridgehead atoms. The van der Waals surface area contributed by atoms with E-state index in [2.05, 4.69) is 20.8 Å². The Labute approximate surface area is 118 Å². The Kier molecular flexibility index (Phi) is 4.07. The number of hydrogen-bond acceptors (Lipinski definition) is 4. The van der Waals surface area contributed by atoms with Crippen molar-refractivity contribution in [2.75, 3.05) is 0 Å². The van der Waals surface area contributed by atoms with Crippen molar-refractivity contribution in [1.29, 1.82) is 5.26 Å². The van der Waals surface area contributed by atoms with Crippen molar-refractivity contribution in [3.8, 4) is 6.07 Å². The average molecular weight is 276 g/mol. The largest absolute Gasteiger partial charge is 0.306 e. The smallest absolute Gasteiger partial charge is 0.191 e. The van der Waals surface area contributed by atoms with Crippen molar-refractivity contribution >= 4 is 11.8 Å². The van der Waals surface area contributed by atoms with Crippen molar-refractivity contribution in [3.05, 3.63) is 5.82 Å². The van der Waals surface area contributed by atoms with Crippen molar-refractivity contribution in [1.82, 2.24) is 14.8 Å². The van der Waals surface area contributed by atoms with Gasteiger partial charge in [0.25, 0.3) is 0 Å². The van der Waals surface area contributed by atoms with Gasteiger partial charge in [0, 0.05) is 18.2 Å². The van der Waals surface area contributed by atoms with E-state index in [0.717, 1.165) is 36.8 Å². The predicted molar refractivity (Wildman–Crippen MR) is 74.8 cm³/mol. The molecule has 0 saturated heterocycles. The van der Waals surface area contributed by atoms with Crippen molar-refractivity contribution in [3.63, 3.8) is 0 Å². The van der Waals surface area contributed by atoms with Crippen LogP contribution in [0.3, 0.4) is 0 Å². The molecule has 2 atom stereocenters. The van der Waals surface area contributed by atoms with Gasteiger partial charge in [-0.3, -0.25) is 0 Å². The second-order valence-electron chi connectivity index (χ2n) is 5.54. The standard InChI is InChI=1S/C14H20N4S/c15-10-11-6-3-4-7-12(11)19-14-17-16-13-8-2-1-5-9-18(13)14/h11-12H,1-9H2. The molecule has 2 aliphatic rings. The zero-order valence-electron chi connectivity index (χ0n) is 11.2. The Morgan fingerprint density at radius 2 is 2.00 bits per heavy atom. The molecule has 1 fully saturated rings. The van der Waals surface area contributed by atoms with E-state index < -0.39 is 0 Å². The summed E-state index contributed by atoms with van der Waals surface area (Å²) in [4.78, 5) is 0. The maximum atomic E-state index is 9.27. The van der Waals surface area contributed by atoms with Gasteiger partial charge in [0.1, 0.15) is 5.82 Å². The SMILES string of the molecule is N#CC1CCCCC1Sc1nnc2n1CCCCC2. The number of aromatic nitrogens is 3. The van der Waals surface area contributed by atoms with Gasteiger partial charge >= 0.3 is 0 Å². The van der Waals surface area contributed by atoms with Crippen LogP contribution >= 0.6 is 11.8 Å². The molecule has 1 saturated carbocycles. The lowest BCUT2D eigenvalue weighted by Gasteiger charge is -2.25. The summed E-state index contributed by atoms with van der Waals surface area (Å²) in [6.45, 7) is 1.05. The lowest BCUT2D eigenvalue weighted by Crippen LogP contribution is -2.21.